The van der Waals surface area contributed by atoms with Gasteiger partial charge in [-0.3, -0.25) is 4.79 Å². The SMILES string of the molecule is COC(=O)c1coc(CN(C(=O)c2ccc(F)cc2)C2CCCCC2)n1. The maximum absolute atomic E-state index is 13.2. The zero-order valence-corrected chi connectivity index (χ0v) is 14.6. The third-order valence-electron chi connectivity index (χ3n) is 4.62. The summed E-state index contributed by atoms with van der Waals surface area (Å²) in [5.41, 5.74) is 0.483. The molecule has 138 valence electrons. The molecule has 1 heterocycles. The van der Waals surface area contributed by atoms with Gasteiger partial charge in [0, 0.05) is 11.6 Å². The van der Waals surface area contributed by atoms with Crippen molar-refractivity contribution in [3.05, 3.63) is 53.5 Å². The van der Waals surface area contributed by atoms with Gasteiger partial charge in [-0.1, -0.05) is 19.3 Å². The Balaban J connectivity index is 1.83. The van der Waals surface area contributed by atoms with Crippen molar-refractivity contribution in [2.75, 3.05) is 7.11 Å². The summed E-state index contributed by atoms with van der Waals surface area (Å²) in [6.07, 6.45) is 6.28. The average molecular weight is 360 g/mol. The molecule has 0 aliphatic heterocycles. The molecule has 3 rings (SSSR count). The number of nitrogens with zero attached hydrogens (tertiary/aromatic N) is 2. The minimum Gasteiger partial charge on any atom is -0.464 e. The number of oxazole rings is 1. The predicted octanol–water partition coefficient (Wildman–Crippen LogP) is 3.58. The zero-order chi connectivity index (χ0) is 18.5. The summed E-state index contributed by atoms with van der Waals surface area (Å²) in [5, 5.41) is 0. The van der Waals surface area contributed by atoms with Crippen LogP contribution in [0.5, 0.6) is 0 Å². The van der Waals surface area contributed by atoms with Crippen LogP contribution in [-0.4, -0.2) is 34.9 Å². The van der Waals surface area contributed by atoms with Gasteiger partial charge in [0.1, 0.15) is 12.1 Å². The largest absolute Gasteiger partial charge is 0.464 e. The molecule has 1 fully saturated rings. The van der Waals surface area contributed by atoms with E-state index in [1.165, 1.54) is 37.6 Å². The maximum Gasteiger partial charge on any atom is 0.360 e. The molecule has 6 nitrogen and oxygen atoms in total. The lowest BCUT2D eigenvalue weighted by Gasteiger charge is -2.33. The van der Waals surface area contributed by atoms with E-state index in [9.17, 15) is 14.0 Å². The summed E-state index contributed by atoms with van der Waals surface area (Å²) in [5.74, 6) is -0.906. The predicted molar refractivity (Wildman–Crippen MR) is 91.0 cm³/mol. The summed E-state index contributed by atoms with van der Waals surface area (Å²) in [6, 6.07) is 5.56. The van der Waals surface area contributed by atoms with E-state index in [4.69, 9.17) is 4.42 Å². The van der Waals surface area contributed by atoms with Gasteiger partial charge in [-0.25, -0.2) is 14.2 Å². The zero-order valence-electron chi connectivity index (χ0n) is 14.6. The van der Waals surface area contributed by atoms with Crippen LogP contribution in [0.15, 0.2) is 34.9 Å². The lowest BCUT2D eigenvalue weighted by molar-refractivity contribution is 0.0590. The second-order valence-electron chi connectivity index (χ2n) is 6.35. The van der Waals surface area contributed by atoms with Crippen molar-refractivity contribution in [2.45, 2.75) is 44.7 Å². The van der Waals surface area contributed by atoms with E-state index in [-0.39, 0.29) is 35.9 Å². The van der Waals surface area contributed by atoms with Crippen LogP contribution >= 0.6 is 0 Å². The highest BCUT2D eigenvalue weighted by atomic mass is 19.1. The Morgan fingerprint density at radius 2 is 1.92 bits per heavy atom. The molecule has 0 atom stereocenters. The summed E-state index contributed by atoms with van der Waals surface area (Å²) < 4.78 is 23.1. The molecular weight excluding hydrogens is 339 g/mol. The monoisotopic (exact) mass is 360 g/mol. The van der Waals surface area contributed by atoms with Crippen molar-refractivity contribution < 1.29 is 23.1 Å². The van der Waals surface area contributed by atoms with Crippen LogP contribution in [0.1, 0.15) is 58.8 Å². The average Bonchev–Trinajstić information content (AvgIpc) is 3.15. The number of rotatable bonds is 5. The number of aromatic nitrogens is 1. The first-order chi connectivity index (χ1) is 12.6. The van der Waals surface area contributed by atoms with E-state index in [0.29, 0.717) is 5.56 Å². The molecule has 0 bridgehead atoms. The van der Waals surface area contributed by atoms with Crippen LogP contribution < -0.4 is 0 Å². The van der Waals surface area contributed by atoms with E-state index in [2.05, 4.69) is 9.72 Å². The Labute approximate surface area is 151 Å². The molecule has 0 spiro atoms. The Morgan fingerprint density at radius 3 is 2.58 bits per heavy atom. The Morgan fingerprint density at radius 1 is 1.23 bits per heavy atom. The van der Waals surface area contributed by atoms with Gasteiger partial charge in [0.25, 0.3) is 5.91 Å². The van der Waals surface area contributed by atoms with Gasteiger partial charge in [-0.2, -0.15) is 0 Å². The van der Waals surface area contributed by atoms with Gasteiger partial charge < -0.3 is 14.1 Å². The topological polar surface area (TPSA) is 72.6 Å². The highest BCUT2D eigenvalue weighted by Gasteiger charge is 2.28. The molecule has 1 aromatic carbocycles. The fourth-order valence-corrected chi connectivity index (χ4v) is 3.25. The lowest BCUT2D eigenvalue weighted by atomic mass is 9.93. The number of amides is 1. The first-order valence-electron chi connectivity index (χ1n) is 8.67. The van der Waals surface area contributed by atoms with Crippen LogP contribution in [0.2, 0.25) is 0 Å². The molecular formula is C19H21FN2O4. The van der Waals surface area contributed by atoms with Gasteiger partial charge in [0.2, 0.25) is 5.89 Å². The molecule has 7 heteroatoms. The summed E-state index contributed by atoms with van der Waals surface area (Å²) in [7, 11) is 1.27. The first kappa shape index (κ1) is 18.1. The third kappa shape index (κ3) is 4.09. The van der Waals surface area contributed by atoms with E-state index < -0.39 is 5.97 Å². The van der Waals surface area contributed by atoms with Crippen molar-refractivity contribution in [1.29, 1.82) is 0 Å². The lowest BCUT2D eigenvalue weighted by Crippen LogP contribution is -2.41. The number of hydrogen-bond acceptors (Lipinski definition) is 5. The third-order valence-corrected chi connectivity index (χ3v) is 4.62. The van der Waals surface area contributed by atoms with Gasteiger partial charge in [0.05, 0.1) is 13.7 Å². The van der Waals surface area contributed by atoms with Gasteiger partial charge in [0.15, 0.2) is 5.69 Å². The van der Waals surface area contributed by atoms with Crippen LogP contribution in [0.3, 0.4) is 0 Å². The molecule has 0 saturated heterocycles. The maximum atomic E-state index is 13.2. The smallest absolute Gasteiger partial charge is 0.360 e. The molecule has 0 unspecified atom stereocenters. The van der Waals surface area contributed by atoms with Crippen molar-refractivity contribution in [3.63, 3.8) is 0 Å². The molecule has 1 saturated carbocycles. The van der Waals surface area contributed by atoms with Gasteiger partial charge >= 0.3 is 5.97 Å². The molecule has 1 aromatic heterocycles. The van der Waals surface area contributed by atoms with Gasteiger partial charge in [-0.05, 0) is 37.1 Å². The van der Waals surface area contributed by atoms with Crippen molar-refractivity contribution in [3.8, 4) is 0 Å². The number of ether oxygens (including phenoxy) is 1. The quantitative estimate of drug-likeness (QED) is 0.762. The second-order valence-corrected chi connectivity index (χ2v) is 6.35. The molecule has 0 radical (unpaired) electrons. The molecule has 26 heavy (non-hydrogen) atoms. The van der Waals surface area contributed by atoms with E-state index in [0.717, 1.165) is 32.1 Å². The van der Waals surface area contributed by atoms with Crippen LogP contribution in [0.25, 0.3) is 0 Å². The number of halogens is 1. The minimum atomic E-state index is -0.589. The van der Waals surface area contributed by atoms with Crippen LogP contribution in [0.4, 0.5) is 4.39 Å². The number of benzene rings is 1. The molecule has 1 aliphatic rings. The van der Waals surface area contributed by atoms with E-state index >= 15 is 0 Å². The molecule has 0 N–H and O–H groups in total. The standard InChI is InChI=1S/C19H21FN2O4/c1-25-19(24)16-12-26-17(21-16)11-22(15-5-3-2-4-6-15)18(23)13-7-9-14(20)10-8-13/h7-10,12,15H,2-6,11H2,1H3. The van der Waals surface area contributed by atoms with Gasteiger partial charge in [-0.15, -0.1) is 0 Å². The number of methoxy groups -OCH3 is 1. The van der Waals surface area contributed by atoms with Crippen molar-refractivity contribution in [1.82, 2.24) is 9.88 Å². The van der Waals surface area contributed by atoms with E-state index in [1.807, 2.05) is 0 Å². The van der Waals surface area contributed by atoms with Crippen LogP contribution in [-0.2, 0) is 11.3 Å². The number of hydrogen-bond donors (Lipinski definition) is 0. The fraction of sp³-hybridized carbons (Fsp3) is 0.421. The summed E-state index contributed by atoms with van der Waals surface area (Å²) >= 11 is 0. The van der Waals surface area contributed by atoms with E-state index in [1.54, 1.807) is 4.90 Å². The first-order valence-corrected chi connectivity index (χ1v) is 8.67. The minimum absolute atomic E-state index is 0.0646. The fourth-order valence-electron chi connectivity index (χ4n) is 3.25. The number of esters is 1. The molecule has 1 amide bonds. The summed E-state index contributed by atoms with van der Waals surface area (Å²) in [6.45, 7) is 0.151. The summed E-state index contributed by atoms with van der Waals surface area (Å²) in [4.78, 5) is 30.4. The normalized spacial score (nSPS) is 14.8. The Hall–Kier alpha value is -2.70. The second kappa shape index (κ2) is 8.12. The van der Waals surface area contributed by atoms with Crippen LogP contribution in [0, 0.1) is 5.82 Å². The van der Waals surface area contributed by atoms with Crippen molar-refractivity contribution >= 4 is 11.9 Å². The Bertz CT molecular complexity index is 766. The van der Waals surface area contributed by atoms with Crippen molar-refractivity contribution in [2.24, 2.45) is 0 Å². The number of carbonyl (C=O) groups is 2. The highest BCUT2D eigenvalue weighted by Crippen LogP contribution is 2.26. The number of carbonyl (C=O) groups excluding carboxylic acids is 2. The molecule has 1 aliphatic carbocycles. The molecule has 2 aromatic rings. The Kier molecular flexibility index (Phi) is 5.65. The highest BCUT2D eigenvalue weighted by molar-refractivity contribution is 5.94.